The maximum absolute atomic E-state index is 6.07. The second-order valence-electron chi connectivity index (χ2n) is 8.75. The average molecular weight is 385 g/mol. The number of rotatable bonds is 4. The topological polar surface area (TPSA) is 74.7 Å². The van der Waals surface area contributed by atoms with Gasteiger partial charge < -0.3 is 20.3 Å². The first kappa shape index (κ1) is 18.2. The Hall–Kier alpha value is -1.89. The van der Waals surface area contributed by atoms with Gasteiger partial charge in [0.05, 0.1) is 6.10 Å². The maximum Gasteiger partial charge on any atom is 0.225 e. The van der Waals surface area contributed by atoms with Gasteiger partial charge in [-0.05, 0) is 45.1 Å². The summed E-state index contributed by atoms with van der Waals surface area (Å²) >= 11 is 0. The van der Waals surface area contributed by atoms with Gasteiger partial charge in [0.1, 0.15) is 0 Å². The first-order valence-electron chi connectivity index (χ1n) is 11.0. The standard InChI is InChI=1S/C21H32N6O/c1-2-22-19(26-17-16-7-13-28-18(16)21(17)8-4-9-21)25-15-6-3-12-27(14-15)20-23-10-5-11-24-20/h5,10-11,15-18H,2-4,6-9,12-14H2,1H3,(H2,22,25,26). The molecule has 0 amide bonds. The second kappa shape index (κ2) is 7.50. The van der Waals surface area contributed by atoms with Crippen molar-refractivity contribution in [3.8, 4) is 0 Å². The largest absolute Gasteiger partial charge is 0.377 e. The molecule has 5 rings (SSSR count). The van der Waals surface area contributed by atoms with Gasteiger partial charge in [0.15, 0.2) is 5.96 Å². The SMILES string of the molecule is CCN=C(NC1CCCN(c2ncccn2)C1)NC1C2CCOC2C12CCC2. The number of ether oxygens (including phenoxy) is 1. The van der Waals surface area contributed by atoms with Crippen LogP contribution in [0.3, 0.4) is 0 Å². The van der Waals surface area contributed by atoms with Crippen LogP contribution in [-0.2, 0) is 4.74 Å². The van der Waals surface area contributed by atoms with Gasteiger partial charge in [-0.2, -0.15) is 0 Å². The maximum atomic E-state index is 6.07. The van der Waals surface area contributed by atoms with Crippen molar-refractivity contribution >= 4 is 11.9 Å². The van der Waals surface area contributed by atoms with E-state index in [0.717, 1.165) is 51.0 Å². The molecule has 0 aromatic carbocycles. The van der Waals surface area contributed by atoms with Crippen LogP contribution in [-0.4, -0.2) is 60.4 Å². The molecule has 2 saturated carbocycles. The van der Waals surface area contributed by atoms with E-state index in [1.807, 2.05) is 18.5 Å². The number of hydrogen-bond donors (Lipinski definition) is 2. The molecule has 4 aliphatic rings. The van der Waals surface area contributed by atoms with Gasteiger partial charge in [-0.1, -0.05) is 6.42 Å². The van der Waals surface area contributed by atoms with Crippen LogP contribution in [0.1, 0.15) is 45.4 Å². The van der Waals surface area contributed by atoms with E-state index >= 15 is 0 Å². The van der Waals surface area contributed by atoms with E-state index in [1.54, 1.807) is 0 Å². The Morgan fingerprint density at radius 2 is 2.11 bits per heavy atom. The van der Waals surface area contributed by atoms with Crippen molar-refractivity contribution in [2.75, 3.05) is 31.1 Å². The normalized spacial score (nSPS) is 33.8. The summed E-state index contributed by atoms with van der Waals surface area (Å²) in [5, 5.41) is 7.55. The molecule has 2 N–H and O–H groups in total. The van der Waals surface area contributed by atoms with Crippen molar-refractivity contribution in [1.82, 2.24) is 20.6 Å². The number of nitrogens with one attached hydrogen (secondary N) is 2. The van der Waals surface area contributed by atoms with E-state index in [-0.39, 0.29) is 0 Å². The third-order valence-corrected chi connectivity index (χ3v) is 7.24. The minimum absolute atomic E-state index is 0.364. The Labute approximate surface area is 167 Å². The molecule has 1 aromatic heterocycles. The van der Waals surface area contributed by atoms with Gasteiger partial charge in [-0.3, -0.25) is 4.99 Å². The van der Waals surface area contributed by atoms with E-state index in [2.05, 4.69) is 32.4 Å². The fourth-order valence-electron chi connectivity index (χ4n) is 5.82. The van der Waals surface area contributed by atoms with Crippen molar-refractivity contribution in [2.45, 2.75) is 63.6 Å². The monoisotopic (exact) mass is 384 g/mol. The van der Waals surface area contributed by atoms with Crippen LogP contribution < -0.4 is 15.5 Å². The molecule has 4 atom stereocenters. The fourth-order valence-corrected chi connectivity index (χ4v) is 5.82. The number of nitrogens with zero attached hydrogens (tertiary/aromatic N) is 4. The first-order valence-corrected chi connectivity index (χ1v) is 11.0. The minimum Gasteiger partial charge on any atom is -0.377 e. The van der Waals surface area contributed by atoms with Crippen LogP contribution in [0.5, 0.6) is 0 Å². The lowest BCUT2D eigenvalue weighted by molar-refractivity contribution is -0.171. The Morgan fingerprint density at radius 3 is 2.86 bits per heavy atom. The summed E-state index contributed by atoms with van der Waals surface area (Å²) < 4.78 is 6.07. The van der Waals surface area contributed by atoms with Crippen molar-refractivity contribution in [3.05, 3.63) is 18.5 Å². The first-order chi connectivity index (χ1) is 13.8. The van der Waals surface area contributed by atoms with E-state index in [4.69, 9.17) is 9.73 Å². The van der Waals surface area contributed by atoms with Crippen LogP contribution in [0.25, 0.3) is 0 Å². The molecule has 7 heteroatoms. The van der Waals surface area contributed by atoms with Crippen molar-refractivity contribution in [3.63, 3.8) is 0 Å². The highest BCUT2D eigenvalue weighted by atomic mass is 16.5. The molecule has 7 nitrogen and oxygen atoms in total. The molecule has 0 bridgehead atoms. The summed E-state index contributed by atoms with van der Waals surface area (Å²) in [6, 6.07) is 2.75. The Morgan fingerprint density at radius 1 is 1.25 bits per heavy atom. The van der Waals surface area contributed by atoms with E-state index in [1.165, 1.54) is 25.7 Å². The van der Waals surface area contributed by atoms with Crippen LogP contribution in [0.4, 0.5) is 5.95 Å². The number of aromatic nitrogens is 2. The summed E-state index contributed by atoms with van der Waals surface area (Å²) in [6.07, 6.45) is 11.5. The number of fused-ring (bicyclic) bond motifs is 2. The molecule has 4 unspecified atom stereocenters. The Bertz CT molecular complexity index is 706. The van der Waals surface area contributed by atoms with Crippen LogP contribution in [0.15, 0.2) is 23.5 Å². The summed E-state index contributed by atoms with van der Waals surface area (Å²) in [4.78, 5) is 15.9. The molecule has 1 spiro atoms. The molecule has 3 heterocycles. The lowest BCUT2D eigenvalue weighted by Gasteiger charge is -2.63. The van der Waals surface area contributed by atoms with E-state index < -0.39 is 0 Å². The predicted octanol–water partition coefficient (Wildman–Crippen LogP) is 1.96. The van der Waals surface area contributed by atoms with Gasteiger partial charge in [-0.25, -0.2) is 9.97 Å². The highest BCUT2D eigenvalue weighted by molar-refractivity contribution is 5.81. The molecular weight excluding hydrogens is 352 g/mol. The zero-order valence-corrected chi connectivity index (χ0v) is 16.8. The van der Waals surface area contributed by atoms with Gasteiger partial charge in [0, 0.05) is 62.1 Å². The smallest absolute Gasteiger partial charge is 0.225 e. The van der Waals surface area contributed by atoms with Gasteiger partial charge in [-0.15, -0.1) is 0 Å². The summed E-state index contributed by atoms with van der Waals surface area (Å²) in [5.41, 5.74) is 0.369. The Kier molecular flexibility index (Phi) is 4.87. The lowest BCUT2D eigenvalue weighted by Crippen LogP contribution is -2.73. The highest BCUT2D eigenvalue weighted by Gasteiger charge is 2.66. The molecule has 1 aromatic rings. The molecule has 0 radical (unpaired) electrons. The third kappa shape index (κ3) is 3.04. The van der Waals surface area contributed by atoms with Gasteiger partial charge >= 0.3 is 0 Å². The minimum atomic E-state index is 0.364. The summed E-state index contributed by atoms with van der Waals surface area (Å²) in [5.74, 6) is 2.46. The molecule has 2 aliphatic carbocycles. The number of piperidine rings is 1. The highest BCUT2D eigenvalue weighted by Crippen LogP contribution is 2.62. The van der Waals surface area contributed by atoms with Crippen LogP contribution in [0.2, 0.25) is 0 Å². The third-order valence-electron chi connectivity index (χ3n) is 7.24. The zero-order valence-electron chi connectivity index (χ0n) is 16.8. The van der Waals surface area contributed by atoms with Gasteiger partial charge in [0.2, 0.25) is 5.95 Å². The quantitative estimate of drug-likeness (QED) is 0.611. The van der Waals surface area contributed by atoms with Gasteiger partial charge in [0.25, 0.3) is 0 Å². The van der Waals surface area contributed by atoms with Crippen molar-refractivity contribution in [1.29, 1.82) is 0 Å². The zero-order chi connectivity index (χ0) is 19.0. The van der Waals surface area contributed by atoms with Crippen molar-refractivity contribution < 1.29 is 4.74 Å². The van der Waals surface area contributed by atoms with Crippen LogP contribution >= 0.6 is 0 Å². The predicted molar refractivity (Wildman–Crippen MR) is 109 cm³/mol. The number of anilines is 1. The van der Waals surface area contributed by atoms with Crippen LogP contribution in [0, 0.1) is 11.3 Å². The second-order valence-corrected chi connectivity index (χ2v) is 8.75. The van der Waals surface area contributed by atoms with Crippen molar-refractivity contribution in [2.24, 2.45) is 16.3 Å². The number of guanidine groups is 1. The lowest BCUT2D eigenvalue weighted by atomic mass is 9.46. The fraction of sp³-hybridized carbons (Fsp3) is 0.762. The molecule has 2 aliphatic heterocycles. The van der Waals surface area contributed by atoms with E-state index in [0.29, 0.717) is 29.5 Å². The average Bonchev–Trinajstić information content (AvgIpc) is 3.11. The molecule has 4 fully saturated rings. The molecule has 152 valence electrons. The molecular formula is C21H32N6O. The molecule has 28 heavy (non-hydrogen) atoms. The number of aliphatic imine (C=N–C) groups is 1. The van der Waals surface area contributed by atoms with E-state index in [9.17, 15) is 0 Å². The Balaban J connectivity index is 1.24. The summed E-state index contributed by atoms with van der Waals surface area (Å²) in [7, 11) is 0. The molecule has 2 saturated heterocycles. The summed E-state index contributed by atoms with van der Waals surface area (Å²) in [6.45, 7) is 5.76. The number of hydrogen-bond acceptors (Lipinski definition) is 5.